The monoisotopic (exact) mass is 334 g/mol. The maximum atomic E-state index is 11.6. The van der Waals surface area contributed by atoms with Gasteiger partial charge in [0, 0.05) is 10.6 Å². The lowest BCUT2D eigenvalue weighted by Gasteiger charge is -2.20. The molecule has 0 saturated heterocycles. The molecule has 6 nitrogen and oxygen atoms in total. The van der Waals surface area contributed by atoms with Gasteiger partial charge in [0.15, 0.2) is 0 Å². The number of nitrogens with one attached hydrogen (secondary N) is 1. The van der Waals surface area contributed by atoms with Crippen molar-refractivity contribution in [2.45, 2.75) is 19.4 Å². The molecule has 4 N–H and O–H groups in total. The summed E-state index contributed by atoms with van der Waals surface area (Å²) in [6.45, 7) is 1.62. The van der Waals surface area contributed by atoms with Crippen molar-refractivity contribution in [2.24, 2.45) is 5.73 Å². The molecule has 0 radical (unpaired) electrons. The number of amides is 1. The van der Waals surface area contributed by atoms with Crippen LogP contribution >= 0.6 is 23.2 Å². The van der Waals surface area contributed by atoms with Crippen LogP contribution in [0.25, 0.3) is 0 Å². The van der Waals surface area contributed by atoms with Crippen molar-refractivity contribution in [1.29, 1.82) is 0 Å². The quantitative estimate of drug-likeness (QED) is 0.688. The third-order valence-corrected chi connectivity index (χ3v) is 3.14. The molecule has 0 fully saturated rings. The molecule has 0 saturated carbocycles. The van der Waals surface area contributed by atoms with Crippen LogP contribution < -0.4 is 11.1 Å². The van der Waals surface area contributed by atoms with Crippen LogP contribution in [0.1, 0.15) is 24.9 Å². The fourth-order valence-electron chi connectivity index (χ4n) is 1.73. The lowest BCUT2D eigenvalue weighted by atomic mass is 10.0. The molecule has 0 aliphatic carbocycles. The molecule has 0 aromatic heterocycles. The van der Waals surface area contributed by atoms with E-state index in [1.165, 1.54) is 12.1 Å². The Morgan fingerprint density at radius 3 is 2.67 bits per heavy atom. The Labute approximate surface area is 132 Å². The summed E-state index contributed by atoms with van der Waals surface area (Å²) in [4.78, 5) is 23.1. The van der Waals surface area contributed by atoms with Gasteiger partial charge in [-0.15, -0.1) is 0 Å². The lowest BCUT2D eigenvalue weighted by Crippen LogP contribution is -2.35. The number of hydrogen-bond donors (Lipinski definition) is 3. The van der Waals surface area contributed by atoms with Gasteiger partial charge in [-0.25, -0.2) is 0 Å². The van der Waals surface area contributed by atoms with Crippen LogP contribution in [0.3, 0.4) is 0 Å². The second kappa shape index (κ2) is 8.07. The van der Waals surface area contributed by atoms with Gasteiger partial charge in [-0.3, -0.25) is 9.59 Å². The Balaban J connectivity index is 3.10. The van der Waals surface area contributed by atoms with E-state index in [-0.39, 0.29) is 40.9 Å². The van der Waals surface area contributed by atoms with Crippen molar-refractivity contribution in [3.63, 3.8) is 0 Å². The molecule has 0 unspecified atom stereocenters. The highest BCUT2D eigenvalue weighted by Gasteiger charge is 2.23. The van der Waals surface area contributed by atoms with E-state index >= 15 is 0 Å². The van der Waals surface area contributed by atoms with E-state index in [0.717, 1.165) is 0 Å². The molecule has 116 valence electrons. The lowest BCUT2D eigenvalue weighted by molar-refractivity contribution is -0.143. The average molecular weight is 335 g/mol. The number of carbonyl (C=O) groups excluding carboxylic acids is 2. The number of hydrogen-bond acceptors (Lipinski definition) is 5. The smallest absolute Gasteiger partial charge is 0.308 e. The molecule has 21 heavy (non-hydrogen) atoms. The zero-order valence-corrected chi connectivity index (χ0v) is 12.9. The Kier molecular flexibility index (Phi) is 6.74. The molecule has 0 aliphatic heterocycles. The minimum absolute atomic E-state index is 0.0216. The number of phenols is 1. The summed E-state index contributed by atoms with van der Waals surface area (Å²) in [5.74, 6) is -1.28. The van der Waals surface area contributed by atoms with Crippen LogP contribution in [-0.4, -0.2) is 30.1 Å². The SMILES string of the molecule is CCOC(=O)C[C@@H](NC(=O)CN)c1cc(Cl)cc(Cl)c1O. The molecule has 1 rings (SSSR count). The van der Waals surface area contributed by atoms with E-state index < -0.39 is 17.9 Å². The molecule has 1 aromatic carbocycles. The third-order valence-electron chi connectivity index (χ3n) is 2.63. The van der Waals surface area contributed by atoms with E-state index in [4.69, 9.17) is 33.7 Å². The first-order valence-corrected chi connectivity index (χ1v) is 6.97. The molecular formula is C13H16Cl2N2O4. The van der Waals surface area contributed by atoms with E-state index in [0.29, 0.717) is 0 Å². The molecule has 0 aliphatic rings. The average Bonchev–Trinajstić information content (AvgIpc) is 2.42. The zero-order valence-electron chi connectivity index (χ0n) is 11.4. The number of esters is 1. The fourth-order valence-corrected chi connectivity index (χ4v) is 2.24. The van der Waals surface area contributed by atoms with Crippen molar-refractivity contribution in [3.8, 4) is 5.75 Å². The van der Waals surface area contributed by atoms with E-state index in [1.807, 2.05) is 0 Å². The first kappa shape index (κ1) is 17.6. The van der Waals surface area contributed by atoms with E-state index in [9.17, 15) is 14.7 Å². The minimum atomic E-state index is -0.837. The topological polar surface area (TPSA) is 102 Å². The number of carbonyl (C=O) groups is 2. The van der Waals surface area contributed by atoms with Gasteiger partial charge in [0.05, 0.1) is 30.6 Å². The zero-order chi connectivity index (χ0) is 16.0. The van der Waals surface area contributed by atoms with Gasteiger partial charge in [-0.1, -0.05) is 23.2 Å². The number of benzene rings is 1. The summed E-state index contributed by atoms with van der Waals surface area (Å²) < 4.78 is 4.84. The number of rotatable bonds is 6. The predicted octanol–water partition coefficient (Wildman–Crippen LogP) is 1.77. The van der Waals surface area contributed by atoms with Gasteiger partial charge in [-0.2, -0.15) is 0 Å². The minimum Gasteiger partial charge on any atom is -0.506 e. The number of halogens is 2. The van der Waals surface area contributed by atoms with Crippen LogP contribution in [0.15, 0.2) is 12.1 Å². The van der Waals surface area contributed by atoms with Gasteiger partial charge in [0.1, 0.15) is 5.75 Å². The highest BCUT2D eigenvalue weighted by atomic mass is 35.5. The Morgan fingerprint density at radius 2 is 2.10 bits per heavy atom. The van der Waals surface area contributed by atoms with Gasteiger partial charge < -0.3 is 20.9 Å². The van der Waals surface area contributed by atoms with Crippen LogP contribution in [-0.2, 0) is 14.3 Å². The molecule has 8 heteroatoms. The van der Waals surface area contributed by atoms with Crippen LogP contribution in [0.2, 0.25) is 10.0 Å². The van der Waals surface area contributed by atoms with Crippen molar-refractivity contribution in [3.05, 3.63) is 27.7 Å². The highest BCUT2D eigenvalue weighted by molar-refractivity contribution is 6.35. The number of ether oxygens (including phenoxy) is 1. The third kappa shape index (κ3) is 5.08. The molecule has 1 atom stereocenters. The van der Waals surface area contributed by atoms with Crippen LogP contribution in [0, 0.1) is 0 Å². The normalized spacial score (nSPS) is 11.8. The number of nitrogens with two attached hydrogens (primary N) is 1. The standard InChI is InChI=1S/C13H16Cl2N2O4/c1-2-21-12(19)5-10(17-11(18)6-16)8-3-7(14)4-9(15)13(8)20/h3-4,10,20H,2,5-6,16H2,1H3,(H,17,18)/t10-/m1/s1. The maximum absolute atomic E-state index is 11.6. The molecule has 0 bridgehead atoms. The summed E-state index contributed by atoms with van der Waals surface area (Å²) in [6.07, 6.45) is -0.177. The fraction of sp³-hybridized carbons (Fsp3) is 0.385. The van der Waals surface area contributed by atoms with Gasteiger partial charge in [0.2, 0.25) is 5.91 Å². The first-order chi connectivity index (χ1) is 9.88. The van der Waals surface area contributed by atoms with Crippen molar-refractivity contribution < 1.29 is 19.4 Å². The molecule has 0 heterocycles. The predicted molar refractivity (Wildman–Crippen MR) is 79.3 cm³/mol. The summed E-state index contributed by atoms with van der Waals surface area (Å²) in [5, 5.41) is 12.8. The Hall–Kier alpha value is -1.50. The maximum Gasteiger partial charge on any atom is 0.308 e. The molecular weight excluding hydrogens is 319 g/mol. The summed E-state index contributed by atoms with van der Waals surface area (Å²) in [7, 11) is 0. The van der Waals surface area contributed by atoms with Crippen LogP contribution in [0.5, 0.6) is 5.75 Å². The highest BCUT2D eigenvalue weighted by Crippen LogP contribution is 2.36. The summed E-state index contributed by atoms with van der Waals surface area (Å²) in [5.41, 5.74) is 5.47. The second-order valence-electron chi connectivity index (χ2n) is 4.16. The van der Waals surface area contributed by atoms with E-state index in [2.05, 4.69) is 5.32 Å². The van der Waals surface area contributed by atoms with Gasteiger partial charge in [-0.05, 0) is 19.1 Å². The first-order valence-electron chi connectivity index (χ1n) is 6.22. The molecule has 1 amide bonds. The van der Waals surface area contributed by atoms with Crippen molar-refractivity contribution in [1.82, 2.24) is 5.32 Å². The Bertz CT molecular complexity index is 537. The largest absolute Gasteiger partial charge is 0.506 e. The molecule has 1 aromatic rings. The number of phenolic OH excluding ortho intramolecular Hbond substituents is 1. The Morgan fingerprint density at radius 1 is 1.43 bits per heavy atom. The summed E-state index contributed by atoms with van der Waals surface area (Å²) in [6, 6.07) is 1.94. The second-order valence-corrected chi connectivity index (χ2v) is 5.00. The molecule has 0 spiro atoms. The van der Waals surface area contributed by atoms with E-state index in [1.54, 1.807) is 6.92 Å². The van der Waals surface area contributed by atoms with Crippen molar-refractivity contribution in [2.75, 3.05) is 13.2 Å². The van der Waals surface area contributed by atoms with Gasteiger partial charge in [0.25, 0.3) is 0 Å². The van der Waals surface area contributed by atoms with Crippen LogP contribution in [0.4, 0.5) is 0 Å². The summed E-state index contributed by atoms with van der Waals surface area (Å²) >= 11 is 11.7. The van der Waals surface area contributed by atoms with Crippen molar-refractivity contribution >= 4 is 35.1 Å². The number of aromatic hydroxyl groups is 1. The van der Waals surface area contributed by atoms with Gasteiger partial charge >= 0.3 is 5.97 Å².